The van der Waals surface area contributed by atoms with Gasteiger partial charge in [-0.05, 0) is 99.4 Å². The van der Waals surface area contributed by atoms with Crippen molar-refractivity contribution < 1.29 is 18.9 Å². The van der Waals surface area contributed by atoms with E-state index in [2.05, 4.69) is 135 Å². The van der Waals surface area contributed by atoms with Gasteiger partial charge in [0, 0.05) is 22.7 Å². The summed E-state index contributed by atoms with van der Waals surface area (Å²) in [6.45, 7) is 24.0. The van der Waals surface area contributed by atoms with Gasteiger partial charge in [0.05, 0.1) is 39.6 Å². The largest absolute Gasteiger partial charge is 0.481 e. The molecule has 0 fully saturated rings. The quantitative estimate of drug-likeness (QED) is 0.0878. The van der Waals surface area contributed by atoms with Gasteiger partial charge in [-0.3, -0.25) is 0 Å². The van der Waals surface area contributed by atoms with Gasteiger partial charge in [0.25, 0.3) is 0 Å². The lowest BCUT2D eigenvalue weighted by Gasteiger charge is -2.29. The van der Waals surface area contributed by atoms with E-state index in [1.807, 2.05) is 6.07 Å². The Bertz CT molecular complexity index is 2190. The van der Waals surface area contributed by atoms with Crippen LogP contribution in [0.15, 0.2) is 102 Å². The summed E-state index contributed by atoms with van der Waals surface area (Å²) in [7, 11) is 4.10. The highest BCUT2D eigenvalue weighted by atomic mass is 31.1. The maximum atomic E-state index is 6.27. The molecule has 8 heteroatoms. The lowest BCUT2D eigenvalue weighted by molar-refractivity contribution is 0.362. The van der Waals surface area contributed by atoms with Crippen molar-refractivity contribution in [2.75, 3.05) is 28.4 Å². The summed E-state index contributed by atoms with van der Waals surface area (Å²) in [6.07, 6.45) is 4.38. The predicted octanol–water partition coefficient (Wildman–Crippen LogP) is 9.65. The number of hydrogen-bond donors (Lipinski definition) is 0. The molecule has 2 heterocycles. The third kappa shape index (κ3) is 9.55. The molecule has 286 valence electrons. The van der Waals surface area contributed by atoms with Gasteiger partial charge in [0.15, 0.2) is 0 Å². The molecule has 0 bridgehead atoms. The van der Waals surface area contributed by atoms with E-state index in [4.69, 9.17) is 35.5 Å². The molecule has 0 aliphatic carbocycles. The van der Waals surface area contributed by atoms with Gasteiger partial charge in [-0.2, -0.15) is 9.97 Å². The van der Waals surface area contributed by atoms with Gasteiger partial charge in [-0.15, -0.1) is 0 Å². The van der Waals surface area contributed by atoms with E-state index >= 15 is 0 Å². The summed E-state index contributed by atoms with van der Waals surface area (Å²) in [5.74, 6) is 1.73. The molecule has 0 amide bonds. The SMILES string of the molecule is C=C(/C=C(/C)C=C(C)C)P(c1cc(C)cc(C)c1)c1cc(OC)nc(OC)c1-c1c(P(c2cc(C)cc(C)c2)c2cc(C)cc(C)c2)cc(OC)nc1OC. The molecule has 6 nitrogen and oxygen atoms in total. The minimum Gasteiger partial charge on any atom is -0.481 e. The fraction of sp³-hybridized carbons (Fsp3) is 0.277. The van der Waals surface area contributed by atoms with Crippen molar-refractivity contribution in [1.82, 2.24) is 9.97 Å². The van der Waals surface area contributed by atoms with Crippen LogP contribution in [0.3, 0.4) is 0 Å². The topological polar surface area (TPSA) is 62.7 Å². The van der Waals surface area contributed by atoms with Crippen molar-refractivity contribution >= 4 is 42.4 Å². The van der Waals surface area contributed by atoms with Crippen LogP contribution in [0.1, 0.15) is 54.2 Å². The zero-order valence-electron chi connectivity index (χ0n) is 34.6. The number of aromatic nitrogens is 2. The highest BCUT2D eigenvalue weighted by Crippen LogP contribution is 2.51. The molecule has 3 aromatic carbocycles. The zero-order chi connectivity index (χ0) is 40.1. The Balaban J connectivity index is 2.02. The number of hydrogen-bond acceptors (Lipinski definition) is 6. The third-order valence-corrected chi connectivity index (χ3v) is 13.7. The summed E-state index contributed by atoms with van der Waals surface area (Å²) in [5.41, 5.74) is 11.0. The number of methoxy groups -OCH3 is 4. The van der Waals surface area contributed by atoms with Crippen molar-refractivity contribution in [1.29, 1.82) is 0 Å². The lowest BCUT2D eigenvalue weighted by atomic mass is 10.1. The second-order valence-corrected chi connectivity index (χ2v) is 18.9. The third-order valence-electron chi connectivity index (χ3n) is 9.01. The van der Waals surface area contributed by atoms with E-state index in [0.29, 0.717) is 23.5 Å². The molecule has 1 unspecified atom stereocenters. The van der Waals surface area contributed by atoms with Crippen molar-refractivity contribution in [3.63, 3.8) is 0 Å². The van der Waals surface area contributed by atoms with Gasteiger partial charge in [0.1, 0.15) is 0 Å². The second kappa shape index (κ2) is 17.8. The maximum absolute atomic E-state index is 6.27. The summed E-state index contributed by atoms with van der Waals surface area (Å²) in [6, 6.07) is 24.5. The predicted molar refractivity (Wildman–Crippen MR) is 236 cm³/mol. The van der Waals surface area contributed by atoms with Crippen molar-refractivity contribution in [3.8, 4) is 34.6 Å². The van der Waals surface area contributed by atoms with Gasteiger partial charge >= 0.3 is 0 Å². The molecule has 0 aliphatic heterocycles. The molecule has 1 atom stereocenters. The Kier molecular flexibility index (Phi) is 13.4. The normalized spacial score (nSPS) is 12.0. The average Bonchev–Trinajstić information content (AvgIpc) is 3.09. The van der Waals surface area contributed by atoms with Crippen LogP contribution in [-0.4, -0.2) is 38.4 Å². The van der Waals surface area contributed by atoms with E-state index in [1.54, 1.807) is 28.4 Å². The summed E-state index contributed by atoms with van der Waals surface area (Å²) in [4.78, 5) is 9.89. The first-order valence-corrected chi connectivity index (χ1v) is 21.0. The van der Waals surface area contributed by atoms with Crippen LogP contribution < -0.4 is 45.5 Å². The summed E-state index contributed by atoms with van der Waals surface area (Å²) < 4.78 is 24.4. The molecule has 55 heavy (non-hydrogen) atoms. The molecule has 5 aromatic rings. The van der Waals surface area contributed by atoms with Gasteiger partial charge in [0.2, 0.25) is 23.5 Å². The minimum atomic E-state index is -1.29. The van der Waals surface area contributed by atoms with Crippen LogP contribution in [0.4, 0.5) is 0 Å². The first kappa shape index (κ1) is 41.4. The van der Waals surface area contributed by atoms with Crippen LogP contribution in [0, 0.1) is 41.5 Å². The molecule has 0 saturated heterocycles. The van der Waals surface area contributed by atoms with Gasteiger partial charge in [-0.25, -0.2) is 0 Å². The molecule has 0 radical (unpaired) electrons. The number of nitrogens with zero attached hydrogens (tertiary/aromatic N) is 2. The Morgan fingerprint density at radius 2 is 0.891 bits per heavy atom. The smallest absolute Gasteiger partial charge is 0.225 e. The Labute approximate surface area is 330 Å². The van der Waals surface area contributed by atoms with E-state index in [0.717, 1.165) is 37.9 Å². The standard InChI is InChI=1S/C47H54N2O4P2/c1-28(2)15-29(3)19-36(10)54(37-20-30(4)16-31(5)21-37)40-26-42(50-11)48-46(52-13)44(40)45-41(27-43(51-12)49-47(45)53-14)55(38-22-32(6)17-33(7)23-38)39-24-34(8)18-35(9)25-39/h15-27H,10H2,1-9,11-14H3/b29-19-. The Hall–Kier alpha value is -4.76. The van der Waals surface area contributed by atoms with Crippen LogP contribution in [0.25, 0.3) is 11.1 Å². The average molecular weight is 773 g/mol. The molecule has 0 aliphatic rings. The number of pyridine rings is 2. The van der Waals surface area contributed by atoms with Crippen LogP contribution >= 0.6 is 15.8 Å². The highest BCUT2D eigenvalue weighted by molar-refractivity contribution is 7.80. The van der Waals surface area contributed by atoms with Gasteiger partial charge in [-0.1, -0.05) is 118 Å². The number of rotatable bonds is 13. The number of aryl methyl sites for hydroxylation is 6. The fourth-order valence-corrected chi connectivity index (χ4v) is 12.7. The minimum absolute atomic E-state index is 0.409. The van der Waals surface area contributed by atoms with Crippen LogP contribution in [0.5, 0.6) is 23.5 Å². The molecular weight excluding hydrogens is 718 g/mol. The Morgan fingerprint density at radius 1 is 0.509 bits per heavy atom. The first-order valence-electron chi connectivity index (χ1n) is 18.3. The zero-order valence-corrected chi connectivity index (χ0v) is 36.4. The van der Waals surface area contributed by atoms with Crippen molar-refractivity contribution in [2.45, 2.75) is 62.3 Å². The van der Waals surface area contributed by atoms with E-state index in [9.17, 15) is 0 Å². The number of benzene rings is 3. The van der Waals surface area contributed by atoms with E-state index in [-0.39, 0.29) is 0 Å². The molecule has 5 rings (SSSR count). The molecule has 2 aromatic heterocycles. The molecule has 0 spiro atoms. The summed E-state index contributed by atoms with van der Waals surface area (Å²) >= 11 is 0. The highest BCUT2D eigenvalue weighted by Gasteiger charge is 2.33. The first-order chi connectivity index (χ1) is 26.1. The van der Waals surface area contributed by atoms with Crippen LogP contribution in [0.2, 0.25) is 0 Å². The van der Waals surface area contributed by atoms with Crippen LogP contribution in [-0.2, 0) is 0 Å². The van der Waals surface area contributed by atoms with Gasteiger partial charge < -0.3 is 18.9 Å². The monoisotopic (exact) mass is 772 g/mol. The van der Waals surface area contributed by atoms with Crippen molar-refractivity contribution in [2.24, 2.45) is 0 Å². The Morgan fingerprint density at radius 3 is 1.27 bits per heavy atom. The summed E-state index contributed by atoms with van der Waals surface area (Å²) in [5, 5.41) is 6.52. The molecule has 0 N–H and O–H groups in total. The molecular formula is C47H54N2O4P2. The van der Waals surface area contributed by atoms with E-state index in [1.165, 1.54) is 49.6 Å². The second-order valence-electron chi connectivity index (χ2n) is 14.4. The maximum Gasteiger partial charge on any atom is 0.225 e. The fourth-order valence-electron chi connectivity index (χ4n) is 7.25. The number of ether oxygens (including phenoxy) is 4. The lowest BCUT2D eigenvalue weighted by Crippen LogP contribution is -2.26. The molecule has 0 saturated carbocycles. The van der Waals surface area contributed by atoms with E-state index < -0.39 is 15.8 Å². The van der Waals surface area contributed by atoms with Crippen molar-refractivity contribution in [3.05, 3.63) is 135 Å². The number of allylic oxidation sites excluding steroid dienone is 5.